The summed E-state index contributed by atoms with van der Waals surface area (Å²) in [6.07, 6.45) is 2.81. The quantitative estimate of drug-likeness (QED) is 0.892. The van der Waals surface area contributed by atoms with Crippen LogP contribution < -0.4 is 5.73 Å². The number of thiophene rings is 1. The fourth-order valence-corrected chi connectivity index (χ4v) is 3.26. The number of likely N-dealkylation sites (tertiary alicyclic amines) is 1. The Morgan fingerprint density at radius 3 is 3.12 bits per heavy atom. The molecular weight excluding hydrogens is 232 g/mol. The highest BCUT2D eigenvalue weighted by atomic mass is 32.1. The van der Waals surface area contributed by atoms with Crippen molar-refractivity contribution in [2.24, 2.45) is 11.7 Å². The number of carbonyl (C=O) groups excluding carboxylic acids is 1. The molecule has 0 saturated carbocycles. The van der Waals surface area contributed by atoms with Crippen molar-refractivity contribution >= 4 is 17.2 Å². The summed E-state index contributed by atoms with van der Waals surface area (Å²) in [5, 5.41) is 4.06. The van der Waals surface area contributed by atoms with Crippen molar-refractivity contribution in [2.45, 2.75) is 32.2 Å². The summed E-state index contributed by atoms with van der Waals surface area (Å²) in [6, 6.07) is 2.25. The van der Waals surface area contributed by atoms with Gasteiger partial charge in [-0.3, -0.25) is 4.79 Å². The molecule has 0 radical (unpaired) electrons. The van der Waals surface area contributed by atoms with Crippen molar-refractivity contribution in [3.63, 3.8) is 0 Å². The van der Waals surface area contributed by atoms with Crippen LogP contribution in [0.2, 0.25) is 0 Å². The van der Waals surface area contributed by atoms with E-state index in [1.165, 1.54) is 6.42 Å². The first-order chi connectivity index (χ1) is 8.22. The van der Waals surface area contributed by atoms with Gasteiger partial charge in [-0.05, 0) is 41.1 Å². The molecule has 1 aliphatic rings. The van der Waals surface area contributed by atoms with E-state index in [1.807, 2.05) is 21.7 Å². The number of rotatable bonds is 3. The van der Waals surface area contributed by atoms with E-state index >= 15 is 0 Å². The zero-order valence-corrected chi connectivity index (χ0v) is 11.1. The number of piperidine rings is 1. The van der Waals surface area contributed by atoms with Crippen molar-refractivity contribution in [3.05, 3.63) is 22.4 Å². The van der Waals surface area contributed by atoms with E-state index in [1.54, 1.807) is 11.3 Å². The van der Waals surface area contributed by atoms with E-state index < -0.39 is 0 Å². The van der Waals surface area contributed by atoms with E-state index in [9.17, 15) is 4.79 Å². The van der Waals surface area contributed by atoms with Crippen molar-refractivity contribution < 1.29 is 4.79 Å². The minimum absolute atomic E-state index is 0.227. The highest BCUT2D eigenvalue weighted by Crippen LogP contribution is 2.23. The molecule has 0 unspecified atom stereocenters. The summed E-state index contributed by atoms with van der Waals surface area (Å²) in [6.45, 7) is 3.65. The predicted octanol–water partition coefficient (Wildman–Crippen LogP) is 1.88. The third-order valence-corrected chi connectivity index (χ3v) is 4.35. The zero-order valence-electron chi connectivity index (χ0n) is 10.3. The molecule has 0 bridgehead atoms. The molecule has 0 aromatic carbocycles. The summed E-state index contributed by atoms with van der Waals surface area (Å²) in [4.78, 5) is 14.2. The SMILES string of the molecule is C[C@H]1CCCN(C(=O)Cc2ccsc2)[C@@H]1CN. The number of nitrogens with zero attached hydrogens (tertiary/aromatic N) is 1. The normalized spacial score (nSPS) is 24.9. The average Bonchev–Trinajstić information content (AvgIpc) is 2.81. The molecule has 17 heavy (non-hydrogen) atoms. The van der Waals surface area contributed by atoms with Gasteiger partial charge in [0.15, 0.2) is 0 Å². The maximum Gasteiger partial charge on any atom is 0.227 e. The third kappa shape index (κ3) is 2.87. The summed E-state index contributed by atoms with van der Waals surface area (Å²) >= 11 is 1.64. The lowest BCUT2D eigenvalue weighted by atomic mass is 9.90. The molecule has 1 aromatic heterocycles. The van der Waals surface area contributed by atoms with Crippen molar-refractivity contribution in [2.75, 3.05) is 13.1 Å². The maximum absolute atomic E-state index is 12.3. The molecular formula is C13H20N2OS. The van der Waals surface area contributed by atoms with Crippen molar-refractivity contribution in [1.82, 2.24) is 4.90 Å². The number of carbonyl (C=O) groups is 1. The number of nitrogens with two attached hydrogens (primary N) is 1. The lowest BCUT2D eigenvalue weighted by Crippen LogP contribution is -2.51. The molecule has 2 atom stereocenters. The first kappa shape index (κ1) is 12.6. The lowest BCUT2D eigenvalue weighted by Gasteiger charge is -2.39. The molecule has 2 rings (SSSR count). The highest BCUT2D eigenvalue weighted by Gasteiger charge is 2.30. The Kier molecular flexibility index (Phi) is 4.18. The number of hydrogen-bond acceptors (Lipinski definition) is 3. The van der Waals surface area contributed by atoms with Gasteiger partial charge in [0.05, 0.1) is 6.42 Å². The summed E-state index contributed by atoms with van der Waals surface area (Å²) in [5.74, 6) is 0.755. The first-order valence-electron chi connectivity index (χ1n) is 6.23. The molecule has 1 fully saturated rings. The van der Waals surface area contributed by atoms with Crippen molar-refractivity contribution in [3.8, 4) is 0 Å². The molecule has 1 aromatic rings. The van der Waals surface area contributed by atoms with Crippen LogP contribution in [0.5, 0.6) is 0 Å². The Balaban J connectivity index is 2.02. The van der Waals surface area contributed by atoms with Crippen LogP contribution in [0.4, 0.5) is 0 Å². The van der Waals surface area contributed by atoms with Gasteiger partial charge in [0.1, 0.15) is 0 Å². The monoisotopic (exact) mass is 252 g/mol. The van der Waals surface area contributed by atoms with Gasteiger partial charge in [0.2, 0.25) is 5.91 Å². The molecule has 0 spiro atoms. The van der Waals surface area contributed by atoms with Gasteiger partial charge in [-0.1, -0.05) is 6.92 Å². The fourth-order valence-electron chi connectivity index (χ4n) is 2.59. The van der Waals surface area contributed by atoms with Crippen LogP contribution in [0.1, 0.15) is 25.3 Å². The Labute approximate surface area is 107 Å². The molecule has 3 nitrogen and oxygen atoms in total. The zero-order chi connectivity index (χ0) is 12.3. The van der Waals surface area contributed by atoms with E-state index in [0.717, 1.165) is 18.5 Å². The fraction of sp³-hybridized carbons (Fsp3) is 0.615. The lowest BCUT2D eigenvalue weighted by molar-refractivity contribution is -0.135. The van der Waals surface area contributed by atoms with Crippen molar-refractivity contribution in [1.29, 1.82) is 0 Å². The van der Waals surface area contributed by atoms with Crippen LogP contribution in [0.25, 0.3) is 0 Å². The van der Waals surface area contributed by atoms with Gasteiger partial charge in [-0.15, -0.1) is 0 Å². The second-order valence-electron chi connectivity index (χ2n) is 4.82. The first-order valence-corrected chi connectivity index (χ1v) is 7.17. The largest absolute Gasteiger partial charge is 0.338 e. The molecule has 4 heteroatoms. The van der Waals surface area contributed by atoms with Crippen LogP contribution in [-0.2, 0) is 11.2 Å². The van der Waals surface area contributed by atoms with E-state index in [4.69, 9.17) is 5.73 Å². The van der Waals surface area contributed by atoms with E-state index in [0.29, 0.717) is 18.9 Å². The minimum Gasteiger partial charge on any atom is -0.338 e. The Bertz CT molecular complexity index is 364. The third-order valence-electron chi connectivity index (χ3n) is 3.61. The standard InChI is InChI=1S/C13H20N2OS/c1-10-3-2-5-15(12(10)8-14)13(16)7-11-4-6-17-9-11/h4,6,9-10,12H,2-3,5,7-8,14H2,1H3/t10-,12+/m0/s1. The van der Waals surface area contributed by atoms with Gasteiger partial charge in [0.25, 0.3) is 0 Å². The second kappa shape index (κ2) is 5.65. The molecule has 1 amide bonds. The van der Waals surface area contributed by atoms with Crippen LogP contribution in [0, 0.1) is 5.92 Å². The van der Waals surface area contributed by atoms with Crippen LogP contribution in [-0.4, -0.2) is 29.9 Å². The van der Waals surface area contributed by atoms with Crippen LogP contribution in [0.3, 0.4) is 0 Å². The highest BCUT2D eigenvalue weighted by molar-refractivity contribution is 7.07. The van der Waals surface area contributed by atoms with Gasteiger partial charge in [-0.25, -0.2) is 0 Å². The Morgan fingerprint density at radius 1 is 1.65 bits per heavy atom. The topological polar surface area (TPSA) is 46.3 Å². The Morgan fingerprint density at radius 2 is 2.47 bits per heavy atom. The number of amides is 1. The van der Waals surface area contributed by atoms with Gasteiger partial charge >= 0.3 is 0 Å². The summed E-state index contributed by atoms with van der Waals surface area (Å²) < 4.78 is 0. The summed E-state index contributed by atoms with van der Waals surface area (Å²) in [5.41, 5.74) is 6.92. The number of hydrogen-bond donors (Lipinski definition) is 1. The predicted molar refractivity (Wildman–Crippen MR) is 71.0 cm³/mol. The second-order valence-corrected chi connectivity index (χ2v) is 5.60. The average molecular weight is 252 g/mol. The summed E-state index contributed by atoms with van der Waals surface area (Å²) in [7, 11) is 0. The van der Waals surface area contributed by atoms with Crippen LogP contribution in [0.15, 0.2) is 16.8 Å². The van der Waals surface area contributed by atoms with E-state index in [-0.39, 0.29) is 11.9 Å². The van der Waals surface area contributed by atoms with Gasteiger partial charge in [0, 0.05) is 19.1 Å². The van der Waals surface area contributed by atoms with E-state index in [2.05, 4.69) is 6.92 Å². The minimum atomic E-state index is 0.227. The van der Waals surface area contributed by atoms with Crippen LogP contribution >= 0.6 is 11.3 Å². The maximum atomic E-state index is 12.3. The molecule has 1 aliphatic heterocycles. The molecule has 94 valence electrons. The Hall–Kier alpha value is -0.870. The molecule has 2 heterocycles. The molecule has 2 N–H and O–H groups in total. The molecule has 0 aliphatic carbocycles. The van der Waals surface area contributed by atoms with Gasteiger partial charge in [-0.2, -0.15) is 11.3 Å². The molecule has 1 saturated heterocycles. The van der Waals surface area contributed by atoms with Gasteiger partial charge < -0.3 is 10.6 Å². The smallest absolute Gasteiger partial charge is 0.227 e.